The molecule has 0 radical (unpaired) electrons. The predicted molar refractivity (Wildman–Crippen MR) is 73.4 cm³/mol. The Hall–Kier alpha value is -0.120. The maximum Gasteiger partial charge on any atom is 0.0112 e. The van der Waals surface area contributed by atoms with Crippen molar-refractivity contribution in [2.75, 3.05) is 45.8 Å². The molecule has 100 valence electrons. The number of piperazine rings is 1. The van der Waals surface area contributed by atoms with E-state index in [0.717, 1.165) is 6.04 Å². The third kappa shape index (κ3) is 4.23. The van der Waals surface area contributed by atoms with Crippen LogP contribution in [-0.4, -0.2) is 61.7 Å². The molecule has 1 N–H and O–H groups in total. The van der Waals surface area contributed by atoms with E-state index in [9.17, 15) is 0 Å². The second-order valence-corrected chi connectivity index (χ2v) is 5.51. The molecule has 0 atom stereocenters. The van der Waals surface area contributed by atoms with Crippen molar-refractivity contribution in [2.45, 2.75) is 45.1 Å². The molecule has 1 aliphatic heterocycles. The Labute approximate surface area is 107 Å². The first kappa shape index (κ1) is 13.3. The second kappa shape index (κ2) is 7.34. The van der Waals surface area contributed by atoms with Gasteiger partial charge < -0.3 is 5.32 Å². The summed E-state index contributed by atoms with van der Waals surface area (Å²) < 4.78 is 0. The van der Waals surface area contributed by atoms with Crippen LogP contribution < -0.4 is 5.32 Å². The number of hydrogen-bond donors (Lipinski definition) is 1. The monoisotopic (exact) mass is 239 g/mol. The number of nitrogens with zero attached hydrogens (tertiary/aromatic N) is 2. The van der Waals surface area contributed by atoms with E-state index in [1.165, 1.54) is 77.9 Å². The molecular weight excluding hydrogens is 210 g/mol. The van der Waals surface area contributed by atoms with Gasteiger partial charge in [-0.2, -0.15) is 0 Å². The molecule has 0 unspecified atom stereocenters. The maximum atomic E-state index is 3.42. The molecule has 17 heavy (non-hydrogen) atoms. The van der Waals surface area contributed by atoms with Crippen LogP contribution >= 0.6 is 0 Å². The van der Waals surface area contributed by atoms with E-state index >= 15 is 0 Å². The zero-order valence-electron chi connectivity index (χ0n) is 11.5. The molecule has 1 saturated heterocycles. The van der Waals surface area contributed by atoms with E-state index in [1.54, 1.807) is 0 Å². The molecule has 2 aliphatic rings. The summed E-state index contributed by atoms with van der Waals surface area (Å²) in [6.45, 7) is 10.9. The van der Waals surface area contributed by atoms with Gasteiger partial charge in [-0.3, -0.25) is 9.80 Å². The molecule has 0 spiro atoms. The van der Waals surface area contributed by atoms with Crippen LogP contribution in [0.1, 0.15) is 39.0 Å². The standard InChI is InChI=1S/C14H29N3/c1-2-17(14-6-4-3-5-7-14)13-12-16-10-8-15-9-11-16/h14-15H,2-13H2,1H3. The van der Waals surface area contributed by atoms with Gasteiger partial charge >= 0.3 is 0 Å². The Bertz CT molecular complexity index is 196. The SMILES string of the molecule is CCN(CCN1CCNCC1)C1CCCCC1. The molecule has 1 saturated carbocycles. The van der Waals surface area contributed by atoms with Crippen molar-refractivity contribution in [2.24, 2.45) is 0 Å². The number of rotatable bonds is 5. The zero-order valence-corrected chi connectivity index (χ0v) is 11.5. The smallest absolute Gasteiger partial charge is 0.0112 e. The first-order valence-corrected chi connectivity index (χ1v) is 7.57. The van der Waals surface area contributed by atoms with Gasteiger partial charge in [-0.05, 0) is 19.4 Å². The van der Waals surface area contributed by atoms with Crippen LogP contribution in [0.4, 0.5) is 0 Å². The van der Waals surface area contributed by atoms with Crippen molar-refractivity contribution in [1.82, 2.24) is 15.1 Å². The molecule has 3 heteroatoms. The van der Waals surface area contributed by atoms with Crippen LogP contribution in [0.25, 0.3) is 0 Å². The molecule has 2 fully saturated rings. The second-order valence-electron chi connectivity index (χ2n) is 5.51. The quantitative estimate of drug-likeness (QED) is 0.785. The number of likely N-dealkylation sites (N-methyl/N-ethyl adjacent to an activating group) is 1. The minimum absolute atomic E-state index is 0.886. The minimum atomic E-state index is 0.886. The molecule has 0 aromatic rings. The van der Waals surface area contributed by atoms with Crippen LogP contribution in [0.2, 0.25) is 0 Å². The lowest BCUT2D eigenvalue weighted by Gasteiger charge is -2.36. The highest BCUT2D eigenvalue weighted by molar-refractivity contribution is 4.77. The van der Waals surface area contributed by atoms with Crippen molar-refractivity contribution in [3.8, 4) is 0 Å². The molecule has 3 nitrogen and oxygen atoms in total. The van der Waals surface area contributed by atoms with Crippen molar-refractivity contribution in [3.63, 3.8) is 0 Å². The van der Waals surface area contributed by atoms with E-state index in [0.29, 0.717) is 0 Å². The highest BCUT2D eigenvalue weighted by atomic mass is 15.2. The summed E-state index contributed by atoms with van der Waals surface area (Å²) in [7, 11) is 0. The predicted octanol–water partition coefficient (Wildman–Crippen LogP) is 1.55. The molecule has 0 aromatic carbocycles. The highest BCUT2D eigenvalue weighted by Gasteiger charge is 2.20. The van der Waals surface area contributed by atoms with Gasteiger partial charge in [0.05, 0.1) is 0 Å². The largest absolute Gasteiger partial charge is 0.314 e. The normalized spacial score (nSPS) is 24.4. The average Bonchev–Trinajstić information content (AvgIpc) is 2.42. The maximum absolute atomic E-state index is 3.42. The van der Waals surface area contributed by atoms with Crippen LogP contribution in [0, 0.1) is 0 Å². The first-order chi connectivity index (χ1) is 8.40. The summed E-state index contributed by atoms with van der Waals surface area (Å²) in [5.41, 5.74) is 0. The fourth-order valence-electron chi connectivity index (χ4n) is 3.25. The van der Waals surface area contributed by atoms with Crippen molar-refractivity contribution >= 4 is 0 Å². The third-order valence-corrected chi connectivity index (χ3v) is 4.41. The van der Waals surface area contributed by atoms with Gasteiger partial charge in [-0.1, -0.05) is 26.2 Å². The number of hydrogen-bond acceptors (Lipinski definition) is 3. The summed E-state index contributed by atoms with van der Waals surface area (Å²) in [5, 5.41) is 3.42. The Morgan fingerprint density at radius 2 is 1.82 bits per heavy atom. The van der Waals surface area contributed by atoms with Gasteiger partial charge in [-0.25, -0.2) is 0 Å². The molecule has 0 amide bonds. The van der Waals surface area contributed by atoms with Gasteiger partial charge in [0.1, 0.15) is 0 Å². The van der Waals surface area contributed by atoms with Crippen molar-refractivity contribution in [3.05, 3.63) is 0 Å². The minimum Gasteiger partial charge on any atom is -0.314 e. The van der Waals surface area contributed by atoms with Gasteiger partial charge in [0.2, 0.25) is 0 Å². The highest BCUT2D eigenvalue weighted by Crippen LogP contribution is 2.22. The summed E-state index contributed by atoms with van der Waals surface area (Å²) in [5.74, 6) is 0. The molecule has 1 aliphatic carbocycles. The molecule has 2 rings (SSSR count). The average molecular weight is 239 g/mol. The van der Waals surface area contributed by atoms with Gasteiger partial charge in [0.15, 0.2) is 0 Å². The summed E-state index contributed by atoms with van der Waals surface area (Å²) in [4.78, 5) is 5.34. The van der Waals surface area contributed by atoms with Crippen LogP contribution in [0.15, 0.2) is 0 Å². The summed E-state index contributed by atoms with van der Waals surface area (Å²) in [6, 6.07) is 0.886. The Morgan fingerprint density at radius 3 is 2.47 bits per heavy atom. The van der Waals surface area contributed by atoms with Crippen molar-refractivity contribution < 1.29 is 0 Å². The lowest BCUT2D eigenvalue weighted by atomic mass is 9.94. The molecule has 0 aromatic heterocycles. The van der Waals surface area contributed by atoms with Crippen molar-refractivity contribution in [1.29, 1.82) is 0 Å². The van der Waals surface area contributed by atoms with Crippen LogP contribution in [0.5, 0.6) is 0 Å². The summed E-state index contributed by atoms with van der Waals surface area (Å²) >= 11 is 0. The lowest BCUT2D eigenvalue weighted by Crippen LogP contribution is -2.48. The topological polar surface area (TPSA) is 18.5 Å². The molecular formula is C14H29N3. The Kier molecular flexibility index (Phi) is 5.75. The Morgan fingerprint density at radius 1 is 1.12 bits per heavy atom. The van der Waals surface area contributed by atoms with E-state index in [4.69, 9.17) is 0 Å². The number of nitrogens with one attached hydrogen (secondary N) is 1. The fourth-order valence-corrected chi connectivity index (χ4v) is 3.25. The van der Waals surface area contributed by atoms with E-state index in [2.05, 4.69) is 22.0 Å². The Balaban J connectivity index is 1.70. The lowest BCUT2D eigenvalue weighted by molar-refractivity contribution is 0.133. The van der Waals surface area contributed by atoms with Gasteiger partial charge in [0, 0.05) is 45.3 Å². The zero-order chi connectivity index (χ0) is 11.9. The van der Waals surface area contributed by atoms with Gasteiger partial charge in [-0.15, -0.1) is 0 Å². The molecule has 0 bridgehead atoms. The molecule has 1 heterocycles. The fraction of sp³-hybridized carbons (Fsp3) is 1.00. The van der Waals surface area contributed by atoms with Gasteiger partial charge in [0.25, 0.3) is 0 Å². The third-order valence-electron chi connectivity index (χ3n) is 4.41. The van der Waals surface area contributed by atoms with Crippen LogP contribution in [0.3, 0.4) is 0 Å². The van der Waals surface area contributed by atoms with E-state index in [1.807, 2.05) is 0 Å². The van der Waals surface area contributed by atoms with E-state index < -0.39 is 0 Å². The van der Waals surface area contributed by atoms with Crippen LogP contribution in [-0.2, 0) is 0 Å². The van der Waals surface area contributed by atoms with E-state index in [-0.39, 0.29) is 0 Å². The first-order valence-electron chi connectivity index (χ1n) is 7.57. The summed E-state index contributed by atoms with van der Waals surface area (Å²) in [6.07, 6.45) is 7.25.